The van der Waals surface area contributed by atoms with E-state index in [-0.39, 0.29) is 16.9 Å². The molecule has 34 heavy (non-hydrogen) atoms. The molecule has 1 saturated heterocycles. The average Bonchev–Trinajstić information content (AvgIpc) is 2.85. The van der Waals surface area contributed by atoms with Crippen molar-refractivity contribution >= 4 is 21.7 Å². The fourth-order valence-electron chi connectivity index (χ4n) is 5.62. The SMILES string of the molecule is Cc1ccc(S(=O)(=O)/N=C2\[C@@H](c3ccccc3)C(=NC3CCCCC3)N2C2CCCCC2)cc1. The van der Waals surface area contributed by atoms with Crippen molar-refractivity contribution < 1.29 is 8.42 Å². The van der Waals surface area contributed by atoms with Gasteiger partial charge in [0.25, 0.3) is 10.0 Å². The van der Waals surface area contributed by atoms with Crippen LogP contribution in [0, 0.1) is 6.92 Å². The van der Waals surface area contributed by atoms with Gasteiger partial charge in [0.15, 0.2) is 0 Å². The second kappa shape index (κ2) is 10.0. The highest BCUT2D eigenvalue weighted by Gasteiger charge is 2.48. The number of aliphatic imine (C=N–C) groups is 1. The molecule has 0 spiro atoms. The number of amidine groups is 2. The summed E-state index contributed by atoms with van der Waals surface area (Å²) in [4.78, 5) is 7.74. The van der Waals surface area contributed by atoms with Crippen LogP contribution >= 0.6 is 0 Å². The van der Waals surface area contributed by atoms with Crippen LogP contribution in [-0.4, -0.2) is 37.1 Å². The summed E-state index contributed by atoms with van der Waals surface area (Å²) in [6, 6.07) is 17.8. The summed E-state index contributed by atoms with van der Waals surface area (Å²) < 4.78 is 31.3. The molecule has 1 heterocycles. The Hall–Kier alpha value is -2.47. The molecule has 0 aromatic heterocycles. The van der Waals surface area contributed by atoms with Crippen molar-refractivity contribution in [1.29, 1.82) is 0 Å². The molecule has 1 aliphatic heterocycles. The topological polar surface area (TPSA) is 62.1 Å². The third kappa shape index (κ3) is 4.83. The number of sulfonamides is 1. The second-order valence-electron chi connectivity index (χ2n) is 10.0. The van der Waals surface area contributed by atoms with Gasteiger partial charge in [0, 0.05) is 6.04 Å². The van der Waals surface area contributed by atoms with Crippen molar-refractivity contribution in [3.8, 4) is 0 Å². The van der Waals surface area contributed by atoms with E-state index in [0.29, 0.717) is 11.9 Å². The largest absolute Gasteiger partial charge is 0.313 e. The molecule has 0 amide bonds. The van der Waals surface area contributed by atoms with E-state index in [1.807, 2.05) is 37.3 Å². The van der Waals surface area contributed by atoms with Crippen molar-refractivity contribution in [1.82, 2.24) is 4.90 Å². The highest BCUT2D eigenvalue weighted by atomic mass is 32.2. The van der Waals surface area contributed by atoms with Crippen LogP contribution in [0.5, 0.6) is 0 Å². The number of nitrogens with zero attached hydrogens (tertiary/aromatic N) is 3. The van der Waals surface area contributed by atoms with Gasteiger partial charge >= 0.3 is 0 Å². The highest BCUT2D eigenvalue weighted by Crippen LogP contribution is 2.40. The van der Waals surface area contributed by atoms with Crippen LogP contribution in [0.25, 0.3) is 0 Å². The maximum Gasteiger partial charge on any atom is 0.283 e. The number of benzene rings is 2. The molecular formula is C28H35N3O2S. The summed E-state index contributed by atoms with van der Waals surface area (Å²) in [5, 5.41) is 0. The zero-order valence-corrected chi connectivity index (χ0v) is 20.9. The average molecular weight is 478 g/mol. The molecule has 0 radical (unpaired) electrons. The third-order valence-electron chi connectivity index (χ3n) is 7.50. The van der Waals surface area contributed by atoms with Crippen LogP contribution in [0.2, 0.25) is 0 Å². The Morgan fingerprint density at radius 2 is 1.38 bits per heavy atom. The van der Waals surface area contributed by atoms with Gasteiger partial charge in [0.2, 0.25) is 0 Å². The molecule has 2 saturated carbocycles. The van der Waals surface area contributed by atoms with Gasteiger partial charge in [-0.2, -0.15) is 8.42 Å². The standard InChI is InChI=1S/C28H35N3O2S/c1-21-17-19-25(20-18-21)34(32,33)30-28-26(22-11-5-2-6-12-22)27(29-23-13-7-3-8-14-23)31(28)24-15-9-4-10-16-24/h2,5-6,11-12,17-20,23-24,26H,3-4,7-10,13-16H2,1H3/b29-27?,30-28+/t26-/m0/s1. The zero-order chi connectivity index (χ0) is 23.5. The summed E-state index contributed by atoms with van der Waals surface area (Å²) in [5.41, 5.74) is 2.10. The Labute approximate surface area is 204 Å². The molecule has 2 aliphatic carbocycles. The number of aryl methyl sites for hydroxylation is 1. The Morgan fingerprint density at radius 3 is 2.03 bits per heavy atom. The minimum Gasteiger partial charge on any atom is -0.313 e. The second-order valence-corrected chi connectivity index (χ2v) is 11.6. The fourth-order valence-corrected chi connectivity index (χ4v) is 6.64. The number of likely N-dealkylation sites (tertiary alicyclic amines) is 1. The number of hydrogen-bond acceptors (Lipinski definition) is 3. The summed E-state index contributed by atoms with van der Waals surface area (Å²) in [5.74, 6) is 1.49. The van der Waals surface area contributed by atoms with E-state index < -0.39 is 10.0 Å². The van der Waals surface area contributed by atoms with Gasteiger partial charge in [-0.05, 0) is 50.3 Å². The third-order valence-corrected chi connectivity index (χ3v) is 8.80. The van der Waals surface area contributed by atoms with Crippen LogP contribution in [0.3, 0.4) is 0 Å². The summed E-state index contributed by atoms with van der Waals surface area (Å²) in [6.45, 7) is 1.96. The summed E-state index contributed by atoms with van der Waals surface area (Å²) >= 11 is 0. The van der Waals surface area contributed by atoms with Gasteiger partial charge in [-0.1, -0.05) is 86.6 Å². The lowest BCUT2D eigenvalue weighted by molar-refractivity contribution is 0.293. The lowest BCUT2D eigenvalue weighted by Gasteiger charge is -2.49. The smallest absolute Gasteiger partial charge is 0.283 e. The Balaban J connectivity index is 1.59. The molecule has 5 nitrogen and oxygen atoms in total. The van der Waals surface area contributed by atoms with Crippen LogP contribution in [-0.2, 0) is 10.0 Å². The minimum absolute atomic E-state index is 0.190. The quantitative estimate of drug-likeness (QED) is 0.512. The molecular weight excluding hydrogens is 442 g/mol. The van der Waals surface area contributed by atoms with E-state index in [0.717, 1.165) is 42.6 Å². The van der Waals surface area contributed by atoms with Gasteiger partial charge in [0.05, 0.1) is 10.9 Å². The highest BCUT2D eigenvalue weighted by molar-refractivity contribution is 7.90. The van der Waals surface area contributed by atoms with Crippen LogP contribution in [0.1, 0.15) is 81.3 Å². The van der Waals surface area contributed by atoms with E-state index in [9.17, 15) is 8.42 Å². The molecule has 2 aromatic carbocycles. The Bertz CT molecular complexity index is 1140. The van der Waals surface area contributed by atoms with Gasteiger partial charge < -0.3 is 4.90 Å². The van der Waals surface area contributed by atoms with E-state index in [1.165, 1.54) is 38.5 Å². The van der Waals surface area contributed by atoms with Crippen molar-refractivity contribution in [2.75, 3.05) is 0 Å². The maximum absolute atomic E-state index is 13.4. The zero-order valence-electron chi connectivity index (χ0n) is 20.1. The number of hydrogen-bond donors (Lipinski definition) is 0. The predicted molar refractivity (Wildman–Crippen MR) is 138 cm³/mol. The van der Waals surface area contributed by atoms with Crippen molar-refractivity contribution in [2.24, 2.45) is 9.39 Å². The summed E-state index contributed by atoms with van der Waals surface area (Å²) in [6.07, 6.45) is 11.7. The first kappa shape index (κ1) is 23.3. The molecule has 6 heteroatoms. The van der Waals surface area contributed by atoms with Gasteiger partial charge in [-0.3, -0.25) is 4.99 Å². The molecule has 5 rings (SSSR count). The van der Waals surface area contributed by atoms with E-state index >= 15 is 0 Å². The van der Waals surface area contributed by atoms with Gasteiger partial charge in [-0.25, -0.2) is 0 Å². The van der Waals surface area contributed by atoms with Crippen molar-refractivity contribution in [3.05, 3.63) is 65.7 Å². The maximum atomic E-state index is 13.4. The first-order chi connectivity index (χ1) is 16.5. The molecule has 0 N–H and O–H groups in total. The lowest BCUT2D eigenvalue weighted by Crippen LogP contribution is -2.61. The van der Waals surface area contributed by atoms with Gasteiger partial charge in [-0.15, -0.1) is 4.40 Å². The van der Waals surface area contributed by atoms with Crippen LogP contribution in [0.15, 0.2) is 68.9 Å². The molecule has 3 fully saturated rings. The molecule has 1 atom stereocenters. The van der Waals surface area contributed by atoms with E-state index in [2.05, 4.69) is 21.4 Å². The normalized spacial score (nSPS) is 25.0. The number of rotatable bonds is 5. The lowest BCUT2D eigenvalue weighted by atomic mass is 9.82. The van der Waals surface area contributed by atoms with Crippen molar-refractivity contribution in [2.45, 2.75) is 94.0 Å². The predicted octanol–water partition coefficient (Wildman–Crippen LogP) is 6.25. The van der Waals surface area contributed by atoms with E-state index in [4.69, 9.17) is 4.99 Å². The first-order valence-electron chi connectivity index (χ1n) is 12.9. The summed E-state index contributed by atoms with van der Waals surface area (Å²) in [7, 11) is -3.81. The molecule has 180 valence electrons. The monoisotopic (exact) mass is 477 g/mol. The van der Waals surface area contributed by atoms with Crippen LogP contribution < -0.4 is 0 Å². The Kier molecular flexibility index (Phi) is 6.87. The Morgan fingerprint density at radius 1 is 0.765 bits per heavy atom. The molecule has 2 aromatic rings. The van der Waals surface area contributed by atoms with Gasteiger partial charge in [0.1, 0.15) is 17.6 Å². The molecule has 0 unspecified atom stereocenters. The molecule has 0 bridgehead atoms. The first-order valence-corrected chi connectivity index (χ1v) is 14.3. The van der Waals surface area contributed by atoms with Crippen molar-refractivity contribution in [3.63, 3.8) is 0 Å². The fraction of sp³-hybridized carbons (Fsp3) is 0.500. The molecule has 3 aliphatic rings. The van der Waals surface area contributed by atoms with E-state index in [1.54, 1.807) is 12.1 Å². The van der Waals surface area contributed by atoms with Crippen LogP contribution in [0.4, 0.5) is 0 Å². The minimum atomic E-state index is -3.81.